The molecule has 1 heterocycles. The van der Waals surface area contributed by atoms with E-state index in [9.17, 15) is 8.42 Å². The molecular weight excluding hydrogens is 264 g/mol. The molecule has 0 radical (unpaired) electrons. The predicted octanol–water partition coefficient (Wildman–Crippen LogP) is 2.05. The molecule has 104 valence electrons. The van der Waals surface area contributed by atoms with Crippen LogP contribution in [0.15, 0.2) is 54.3 Å². The van der Waals surface area contributed by atoms with Gasteiger partial charge in [-0.1, -0.05) is 24.3 Å². The van der Waals surface area contributed by atoms with Crippen molar-refractivity contribution in [2.24, 2.45) is 0 Å². The quantitative estimate of drug-likeness (QED) is 0.841. The predicted molar refractivity (Wildman–Crippen MR) is 74.8 cm³/mol. The first kappa shape index (κ1) is 15.3. The SMILES string of the molecule is C=CN1C=CN(C)C1.Cc1ccc(S(=O)(=O)O)cc1. The van der Waals surface area contributed by atoms with E-state index in [4.69, 9.17) is 4.55 Å². The Labute approximate surface area is 114 Å². The summed E-state index contributed by atoms with van der Waals surface area (Å²) in [6.07, 6.45) is 5.81. The highest BCUT2D eigenvalue weighted by Gasteiger charge is 2.06. The first-order valence-corrected chi connectivity index (χ1v) is 7.08. The Morgan fingerprint density at radius 1 is 1.26 bits per heavy atom. The van der Waals surface area contributed by atoms with Crippen LogP contribution in [0.1, 0.15) is 5.56 Å². The van der Waals surface area contributed by atoms with E-state index in [0.29, 0.717) is 0 Å². The number of aryl methyl sites for hydroxylation is 1. The molecule has 1 aliphatic rings. The maximum absolute atomic E-state index is 10.5. The standard InChI is InChI=1S/C7H8O3S.C6H10N2/c1-6-2-4-7(5-3-6)11(8,9)10;1-3-8-5-4-7(2)6-8/h2-5H,1H3,(H,8,9,10);3-5H,1,6H2,2H3. The first-order valence-electron chi connectivity index (χ1n) is 5.64. The third-order valence-electron chi connectivity index (χ3n) is 2.45. The zero-order valence-electron chi connectivity index (χ0n) is 11.0. The van der Waals surface area contributed by atoms with Crippen molar-refractivity contribution in [2.75, 3.05) is 13.7 Å². The van der Waals surface area contributed by atoms with Gasteiger partial charge in [0.05, 0.1) is 11.6 Å². The summed E-state index contributed by atoms with van der Waals surface area (Å²) in [4.78, 5) is 4.03. The van der Waals surface area contributed by atoms with E-state index in [1.54, 1.807) is 18.3 Å². The van der Waals surface area contributed by atoms with Crippen molar-refractivity contribution in [3.05, 3.63) is 55.0 Å². The van der Waals surface area contributed by atoms with Crippen LogP contribution in [0.5, 0.6) is 0 Å². The largest absolute Gasteiger partial charge is 0.361 e. The van der Waals surface area contributed by atoms with Crippen LogP contribution in [-0.4, -0.2) is 36.5 Å². The Morgan fingerprint density at radius 2 is 1.84 bits per heavy atom. The van der Waals surface area contributed by atoms with Crippen molar-refractivity contribution < 1.29 is 13.0 Å². The third kappa shape index (κ3) is 5.15. The highest BCUT2D eigenvalue weighted by atomic mass is 32.2. The van der Waals surface area contributed by atoms with E-state index in [1.165, 1.54) is 12.1 Å². The van der Waals surface area contributed by atoms with Gasteiger partial charge in [0, 0.05) is 19.4 Å². The Hall–Kier alpha value is -1.79. The van der Waals surface area contributed by atoms with E-state index in [1.807, 2.05) is 31.3 Å². The van der Waals surface area contributed by atoms with Gasteiger partial charge in [0.25, 0.3) is 10.1 Å². The van der Waals surface area contributed by atoms with Crippen LogP contribution in [0.2, 0.25) is 0 Å². The Kier molecular flexibility index (Phi) is 5.14. The van der Waals surface area contributed by atoms with E-state index in [2.05, 4.69) is 11.5 Å². The van der Waals surface area contributed by atoms with Gasteiger partial charge in [-0.3, -0.25) is 4.55 Å². The minimum Gasteiger partial charge on any atom is -0.361 e. The fourth-order valence-corrected chi connectivity index (χ4v) is 1.86. The van der Waals surface area contributed by atoms with Gasteiger partial charge < -0.3 is 9.80 Å². The monoisotopic (exact) mass is 282 g/mol. The molecule has 0 bridgehead atoms. The van der Waals surface area contributed by atoms with Crippen molar-refractivity contribution in [3.63, 3.8) is 0 Å². The second-order valence-corrected chi connectivity index (χ2v) is 5.60. The highest BCUT2D eigenvalue weighted by molar-refractivity contribution is 7.85. The fourth-order valence-electron chi connectivity index (χ4n) is 1.38. The molecule has 1 N–H and O–H groups in total. The minimum absolute atomic E-state index is 0.0666. The van der Waals surface area contributed by atoms with E-state index >= 15 is 0 Å². The molecule has 0 unspecified atom stereocenters. The summed E-state index contributed by atoms with van der Waals surface area (Å²) in [6.45, 7) is 6.40. The zero-order valence-corrected chi connectivity index (χ0v) is 11.8. The lowest BCUT2D eigenvalue weighted by Gasteiger charge is -2.11. The maximum atomic E-state index is 10.5. The van der Waals surface area contributed by atoms with E-state index in [0.717, 1.165) is 12.2 Å². The molecule has 6 heteroatoms. The molecule has 1 aromatic carbocycles. The van der Waals surface area contributed by atoms with Gasteiger partial charge in [-0.25, -0.2) is 0 Å². The van der Waals surface area contributed by atoms with Crippen LogP contribution in [-0.2, 0) is 10.1 Å². The molecule has 0 spiro atoms. The topological polar surface area (TPSA) is 60.9 Å². The molecule has 0 saturated heterocycles. The second-order valence-electron chi connectivity index (χ2n) is 4.18. The van der Waals surface area contributed by atoms with Gasteiger partial charge in [0.1, 0.15) is 0 Å². The van der Waals surface area contributed by atoms with Crippen LogP contribution < -0.4 is 0 Å². The number of hydrogen-bond acceptors (Lipinski definition) is 4. The molecule has 2 rings (SSSR count). The van der Waals surface area contributed by atoms with Gasteiger partial charge in [0.2, 0.25) is 0 Å². The summed E-state index contributed by atoms with van der Waals surface area (Å²) in [7, 11) is -1.99. The summed E-state index contributed by atoms with van der Waals surface area (Å²) in [5.74, 6) is 0. The van der Waals surface area contributed by atoms with Crippen molar-refractivity contribution in [3.8, 4) is 0 Å². The lowest BCUT2D eigenvalue weighted by molar-refractivity contribution is 0.364. The summed E-state index contributed by atoms with van der Waals surface area (Å²) in [5.41, 5.74) is 0.956. The van der Waals surface area contributed by atoms with Crippen LogP contribution in [0, 0.1) is 6.92 Å². The van der Waals surface area contributed by atoms with Gasteiger partial charge in [-0.15, -0.1) is 0 Å². The lowest BCUT2D eigenvalue weighted by Crippen LogP contribution is -2.16. The minimum atomic E-state index is -4.02. The Bertz CT molecular complexity index is 550. The highest BCUT2D eigenvalue weighted by Crippen LogP contribution is 2.08. The average Bonchev–Trinajstić information content (AvgIpc) is 2.75. The number of nitrogens with zero attached hydrogens (tertiary/aromatic N) is 2. The van der Waals surface area contributed by atoms with E-state index in [-0.39, 0.29) is 4.90 Å². The number of rotatable bonds is 2. The molecule has 0 amide bonds. The molecule has 5 nitrogen and oxygen atoms in total. The smallest absolute Gasteiger partial charge is 0.294 e. The second kappa shape index (κ2) is 6.40. The van der Waals surface area contributed by atoms with Crippen LogP contribution in [0.25, 0.3) is 0 Å². The molecule has 0 atom stereocenters. The maximum Gasteiger partial charge on any atom is 0.294 e. The first-order chi connectivity index (χ1) is 8.82. The number of hydrogen-bond donors (Lipinski definition) is 1. The molecular formula is C13H18N2O3S. The van der Waals surface area contributed by atoms with Gasteiger partial charge in [0.15, 0.2) is 0 Å². The lowest BCUT2D eigenvalue weighted by atomic mass is 10.2. The number of benzene rings is 1. The third-order valence-corrected chi connectivity index (χ3v) is 3.32. The Balaban J connectivity index is 0.000000200. The van der Waals surface area contributed by atoms with Crippen LogP contribution in [0.3, 0.4) is 0 Å². The van der Waals surface area contributed by atoms with Crippen molar-refractivity contribution >= 4 is 10.1 Å². The van der Waals surface area contributed by atoms with Crippen molar-refractivity contribution in [2.45, 2.75) is 11.8 Å². The molecule has 0 aliphatic carbocycles. The van der Waals surface area contributed by atoms with Crippen molar-refractivity contribution in [1.29, 1.82) is 0 Å². The molecule has 19 heavy (non-hydrogen) atoms. The summed E-state index contributed by atoms with van der Waals surface area (Å²) >= 11 is 0. The normalized spacial score (nSPS) is 14.1. The van der Waals surface area contributed by atoms with Crippen LogP contribution in [0.4, 0.5) is 0 Å². The summed E-state index contributed by atoms with van der Waals surface area (Å²) in [5, 5.41) is 0. The molecule has 0 saturated carbocycles. The van der Waals surface area contributed by atoms with Crippen LogP contribution >= 0.6 is 0 Å². The zero-order chi connectivity index (χ0) is 14.5. The van der Waals surface area contributed by atoms with Crippen molar-refractivity contribution in [1.82, 2.24) is 9.80 Å². The summed E-state index contributed by atoms with van der Waals surface area (Å²) in [6, 6.07) is 5.99. The van der Waals surface area contributed by atoms with Gasteiger partial charge in [-0.05, 0) is 25.3 Å². The molecule has 1 aliphatic heterocycles. The molecule has 1 aromatic rings. The van der Waals surface area contributed by atoms with Gasteiger partial charge >= 0.3 is 0 Å². The average molecular weight is 282 g/mol. The van der Waals surface area contributed by atoms with Gasteiger partial charge in [-0.2, -0.15) is 8.42 Å². The Morgan fingerprint density at radius 3 is 2.16 bits per heavy atom. The molecule has 0 fully saturated rings. The van der Waals surface area contributed by atoms with E-state index < -0.39 is 10.1 Å². The summed E-state index contributed by atoms with van der Waals surface area (Å²) < 4.78 is 29.6. The fraction of sp³-hybridized carbons (Fsp3) is 0.231. The molecule has 0 aromatic heterocycles.